The molecule has 6 rings (SSSR count). The van der Waals surface area contributed by atoms with Gasteiger partial charge in [-0.1, -0.05) is 52.3 Å². The van der Waals surface area contributed by atoms with Crippen LogP contribution in [-0.4, -0.2) is 47.7 Å². The average Bonchev–Trinajstić information content (AvgIpc) is 3.51. The van der Waals surface area contributed by atoms with E-state index in [0.29, 0.717) is 31.0 Å². The van der Waals surface area contributed by atoms with E-state index < -0.39 is 27.8 Å². The van der Waals surface area contributed by atoms with Gasteiger partial charge in [-0.05, 0) is 72.9 Å². The lowest BCUT2D eigenvalue weighted by Crippen LogP contribution is -2.45. The number of fused-ring (bicyclic) bond motifs is 1. The fourth-order valence-corrected chi connectivity index (χ4v) is 7.40. The van der Waals surface area contributed by atoms with Crippen LogP contribution in [0.15, 0.2) is 88.2 Å². The molecule has 1 amide bonds. The molecular formula is C31H29BrFN5O3S. The van der Waals surface area contributed by atoms with Crippen LogP contribution in [0.3, 0.4) is 0 Å². The van der Waals surface area contributed by atoms with Gasteiger partial charge in [-0.25, -0.2) is 22.8 Å². The SMILES string of the molecule is O=C(NCc1cc(-c2ccc(Br)cc2)nc(N2CCc3ccccc3C2)n1)[C@@H]1CCCN1S(=O)(=O)c1ccc(F)cc1. The number of nitrogens with one attached hydrogen (secondary N) is 1. The highest BCUT2D eigenvalue weighted by Gasteiger charge is 2.39. The Morgan fingerprint density at radius 1 is 0.976 bits per heavy atom. The third-order valence-corrected chi connectivity index (χ3v) is 10.1. The normalized spacial score (nSPS) is 17.2. The lowest BCUT2D eigenvalue weighted by atomic mass is 10.0. The van der Waals surface area contributed by atoms with Crippen LogP contribution in [0.4, 0.5) is 10.3 Å². The van der Waals surface area contributed by atoms with Crippen molar-refractivity contribution in [1.82, 2.24) is 19.6 Å². The van der Waals surface area contributed by atoms with Crippen LogP contribution in [-0.2, 0) is 34.3 Å². The van der Waals surface area contributed by atoms with Gasteiger partial charge in [0.25, 0.3) is 0 Å². The van der Waals surface area contributed by atoms with Crippen LogP contribution < -0.4 is 10.2 Å². The maximum absolute atomic E-state index is 13.4. The molecule has 8 nitrogen and oxygen atoms in total. The van der Waals surface area contributed by atoms with E-state index in [1.807, 2.05) is 36.4 Å². The van der Waals surface area contributed by atoms with Gasteiger partial charge in [-0.3, -0.25) is 4.79 Å². The first-order valence-electron chi connectivity index (χ1n) is 13.8. The van der Waals surface area contributed by atoms with Crippen molar-refractivity contribution in [3.8, 4) is 11.3 Å². The molecule has 1 N–H and O–H groups in total. The largest absolute Gasteiger partial charge is 0.349 e. The minimum absolute atomic E-state index is 0.0358. The standard InChI is InChI=1S/C31H29BrFN5O3S/c32-24-9-7-22(8-10-24)28-18-26(35-31(36-28)37-17-15-21-4-1-2-5-23(21)20-37)19-34-30(39)29-6-3-16-38(29)42(40,41)27-13-11-25(33)12-14-27/h1-2,4-5,7-14,18,29H,3,6,15-17,19-20H2,(H,34,39)/t29-/m0/s1. The van der Waals surface area contributed by atoms with Crippen molar-refractivity contribution < 1.29 is 17.6 Å². The van der Waals surface area contributed by atoms with Crippen LogP contribution in [0.2, 0.25) is 0 Å². The van der Waals surface area contributed by atoms with Gasteiger partial charge in [0.15, 0.2) is 0 Å². The van der Waals surface area contributed by atoms with Crippen molar-refractivity contribution in [3.63, 3.8) is 0 Å². The molecule has 0 radical (unpaired) electrons. The van der Waals surface area contributed by atoms with Gasteiger partial charge in [0, 0.05) is 29.7 Å². The zero-order chi connectivity index (χ0) is 29.3. The van der Waals surface area contributed by atoms with Crippen molar-refractivity contribution >= 4 is 37.8 Å². The quantitative estimate of drug-likeness (QED) is 0.300. The van der Waals surface area contributed by atoms with Crippen LogP contribution in [0, 0.1) is 5.82 Å². The second kappa shape index (κ2) is 11.9. The third-order valence-electron chi connectivity index (χ3n) is 7.69. The monoisotopic (exact) mass is 649 g/mol. The number of amides is 1. The molecule has 2 aliphatic heterocycles. The molecule has 3 aromatic carbocycles. The van der Waals surface area contributed by atoms with Crippen molar-refractivity contribution in [2.75, 3.05) is 18.0 Å². The summed E-state index contributed by atoms with van der Waals surface area (Å²) in [4.78, 5) is 25.2. The minimum atomic E-state index is -3.95. The molecule has 0 bridgehead atoms. The number of rotatable bonds is 7. The van der Waals surface area contributed by atoms with Crippen molar-refractivity contribution in [2.45, 2.75) is 43.3 Å². The van der Waals surface area contributed by atoms with E-state index in [4.69, 9.17) is 9.97 Å². The van der Waals surface area contributed by atoms with Gasteiger partial charge in [-0.2, -0.15) is 4.31 Å². The van der Waals surface area contributed by atoms with E-state index in [1.165, 1.54) is 27.6 Å². The summed E-state index contributed by atoms with van der Waals surface area (Å²) in [7, 11) is -3.95. The predicted molar refractivity (Wildman–Crippen MR) is 162 cm³/mol. The van der Waals surface area contributed by atoms with Crippen molar-refractivity contribution in [1.29, 1.82) is 0 Å². The zero-order valence-electron chi connectivity index (χ0n) is 22.7. The highest BCUT2D eigenvalue weighted by atomic mass is 79.9. The van der Waals surface area contributed by atoms with Gasteiger partial charge in [0.05, 0.1) is 22.8 Å². The molecule has 0 spiro atoms. The first kappa shape index (κ1) is 28.4. The Morgan fingerprint density at radius 2 is 1.71 bits per heavy atom. The fraction of sp³-hybridized carbons (Fsp3) is 0.258. The number of hydrogen-bond acceptors (Lipinski definition) is 6. The second-order valence-corrected chi connectivity index (χ2v) is 13.2. The Hall–Kier alpha value is -3.67. The molecule has 42 heavy (non-hydrogen) atoms. The Morgan fingerprint density at radius 3 is 2.48 bits per heavy atom. The van der Waals surface area contributed by atoms with E-state index in [1.54, 1.807) is 0 Å². The van der Waals surface area contributed by atoms with Crippen molar-refractivity contribution in [2.24, 2.45) is 0 Å². The fourth-order valence-electron chi connectivity index (χ4n) is 5.48. The van der Waals surface area contributed by atoms with Crippen LogP contribution >= 0.6 is 15.9 Å². The number of halogens is 2. The zero-order valence-corrected chi connectivity index (χ0v) is 25.1. The van der Waals surface area contributed by atoms with E-state index in [2.05, 4.69) is 44.3 Å². The Labute approximate surface area is 252 Å². The molecular weight excluding hydrogens is 621 g/mol. The smallest absolute Gasteiger partial charge is 0.243 e. The van der Waals surface area contributed by atoms with Crippen LogP contribution in [0.5, 0.6) is 0 Å². The minimum Gasteiger partial charge on any atom is -0.349 e. The predicted octanol–water partition coefficient (Wildman–Crippen LogP) is 5.08. The molecule has 1 atom stereocenters. The number of anilines is 1. The van der Waals surface area contributed by atoms with E-state index in [0.717, 1.165) is 40.8 Å². The molecule has 4 aromatic rings. The molecule has 0 aliphatic carbocycles. The molecule has 0 unspecified atom stereocenters. The molecule has 1 saturated heterocycles. The summed E-state index contributed by atoms with van der Waals surface area (Å²) < 4.78 is 42.1. The lowest BCUT2D eigenvalue weighted by Gasteiger charge is -2.29. The summed E-state index contributed by atoms with van der Waals surface area (Å²) in [5.74, 6) is -0.337. The molecule has 0 saturated carbocycles. The topological polar surface area (TPSA) is 95.5 Å². The van der Waals surface area contributed by atoms with E-state index >= 15 is 0 Å². The summed E-state index contributed by atoms with van der Waals surface area (Å²) in [6.07, 6.45) is 1.84. The number of nitrogens with zero attached hydrogens (tertiary/aromatic N) is 4. The highest BCUT2D eigenvalue weighted by molar-refractivity contribution is 9.10. The number of carbonyl (C=O) groups is 1. The Kier molecular flexibility index (Phi) is 8.06. The summed E-state index contributed by atoms with van der Waals surface area (Å²) in [5, 5.41) is 2.92. The summed E-state index contributed by atoms with van der Waals surface area (Å²) in [6.45, 7) is 1.79. The molecule has 11 heteroatoms. The molecule has 216 valence electrons. The maximum atomic E-state index is 13.4. The second-order valence-electron chi connectivity index (χ2n) is 10.4. The molecule has 1 fully saturated rings. The van der Waals surface area contributed by atoms with Gasteiger partial charge in [0.1, 0.15) is 11.9 Å². The number of sulfonamides is 1. The van der Waals surface area contributed by atoms with Gasteiger partial charge in [0.2, 0.25) is 21.9 Å². The molecule has 3 heterocycles. The van der Waals surface area contributed by atoms with Crippen molar-refractivity contribution in [3.05, 3.63) is 106 Å². The van der Waals surface area contributed by atoms with E-state index in [9.17, 15) is 17.6 Å². The third kappa shape index (κ3) is 5.95. The van der Waals surface area contributed by atoms with Gasteiger partial charge in [-0.15, -0.1) is 0 Å². The Bertz CT molecular complexity index is 1720. The maximum Gasteiger partial charge on any atom is 0.243 e. The lowest BCUT2D eigenvalue weighted by molar-refractivity contribution is -0.124. The molecule has 2 aliphatic rings. The first-order valence-corrected chi connectivity index (χ1v) is 16.0. The Balaban J connectivity index is 1.24. The van der Waals surface area contributed by atoms with Crippen LogP contribution in [0.1, 0.15) is 29.7 Å². The summed E-state index contributed by atoms with van der Waals surface area (Å²) in [5.41, 5.74) is 4.83. The van der Waals surface area contributed by atoms with Gasteiger partial charge >= 0.3 is 0 Å². The number of carbonyl (C=O) groups excluding carboxylic acids is 1. The number of benzene rings is 3. The number of aromatic nitrogens is 2. The van der Waals surface area contributed by atoms with Crippen LogP contribution in [0.25, 0.3) is 11.3 Å². The van der Waals surface area contributed by atoms with Gasteiger partial charge < -0.3 is 10.2 Å². The summed E-state index contributed by atoms with van der Waals surface area (Å²) >= 11 is 3.48. The number of hydrogen-bond donors (Lipinski definition) is 1. The average molecular weight is 651 g/mol. The molecule has 1 aromatic heterocycles. The van der Waals surface area contributed by atoms with E-state index in [-0.39, 0.29) is 18.0 Å². The highest BCUT2D eigenvalue weighted by Crippen LogP contribution is 2.28. The first-order chi connectivity index (χ1) is 20.3. The summed E-state index contributed by atoms with van der Waals surface area (Å²) in [6, 6.07) is 21.9.